The molecule has 1 aliphatic carbocycles. The molecule has 147 valence electrons. The quantitative estimate of drug-likeness (QED) is 0.447. The van der Waals surface area contributed by atoms with E-state index in [1.165, 1.54) is 5.92 Å². The van der Waals surface area contributed by atoms with Gasteiger partial charge in [-0.1, -0.05) is 11.6 Å². The van der Waals surface area contributed by atoms with Crippen LogP contribution in [0.5, 0.6) is 0 Å². The highest BCUT2D eigenvalue weighted by atomic mass is 35.5. The fourth-order valence-electron chi connectivity index (χ4n) is 2.94. The van der Waals surface area contributed by atoms with Gasteiger partial charge in [-0.2, -0.15) is 0 Å². The number of nitrogens with one attached hydrogen (secondary N) is 1. The van der Waals surface area contributed by atoms with E-state index < -0.39 is 0 Å². The lowest BCUT2D eigenvalue weighted by Crippen LogP contribution is -2.14. The summed E-state index contributed by atoms with van der Waals surface area (Å²) in [5.74, 6) is 1.09. The third kappa shape index (κ3) is 6.64. The van der Waals surface area contributed by atoms with Gasteiger partial charge in [0, 0.05) is 35.3 Å². The van der Waals surface area contributed by atoms with Crippen LogP contribution in [-0.4, -0.2) is 37.3 Å². The first-order chi connectivity index (χ1) is 13.7. The van der Waals surface area contributed by atoms with Crippen LogP contribution < -0.4 is 5.32 Å². The van der Waals surface area contributed by atoms with Gasteiger partial charge >= 0.3 is 5.97 Å². The molecular formula is C22H24ClN2O3. The zero-order valence-corrected chi connectivity index (χ0v) is 16.5. The Hall–Kier alpha value is -1.85. The van der Waals surface area contributed by atoms with E-state index in [1.807, 2.05) is 37.1 Å². The molecule has 0 atom stereocenters. The first-order valence-electron chi connectivity index (χ1n) is 9.44. The number of carbonyl (C=O) groups is 1. The molecule has 1 aromatic heterocycles. The number of halogens is 1. The molecule has 1 N–H and O–H groups in total. The summed E-state index contributed by atoms with van der Waals surface area (Å²) in [5.41, 5.74) is 1.84. The number of hydrogen-bond donors (Lipinski definition) is 1. The molecule has 6 heteroatoms. The Morgan fingerprint density at radius 1 is 1.11 bits per heavy atom. The molecule has 0 saturated heterocycles. The molecule has 5 nitrogen and oxygen atoms in total. The predicted molar refractivity (Wildman–Crippen MR) is 111 cm³/mol. The number of rotatable bonds is 11. The van der Waals surface area contributed by atoms with Crippen molar-refractivity contribution in [2.24, 2.45) is 0 Å². The Balaban J connectivity index is 1.24. The third-order valence-corrected chi connectivity index (χ3v) is 4.57. The molecule has 1 heterocycles. The van der Waals surface area contributed by atoms with Crippen LogP contribution in [0.2, 0.25) is 5.02 Å². The van der Waals surface area contributed by atoms with Crippen LogP contribution in [0.3, 0.4) is 0 Å². The van der Waals surface area contributed by atoms with Gasteiger partial charge in [-0.15, -0.1) is 0 Å². The van der Waals surface area contributed by atoms with Crippen LogP contribution in [0.1, 0.15) is 19.3 Å². The van der Waals surface area contributed by atoms with Gasteiger partial charge in [-0.3, -0.25) is 9.78 Å². The standard InChI is InChI=1S/C22H24ClN2O3/c23-18-8-9-19-20(10-11-24-21(19)16-18)25-12-13-27-14-15-28-22(26)7-3-6-17-4-1-2-5-17/h1-2,4-5,8-11,16H,3,6-7,12-15H2,(H,24,25). The summed E-state index contributed by atoms with van der Waals surface area (Å²) < 4.78 is 10.7. The number of ether oxygens (including phenoxy) is 2. The average molecular weight is 400 g/mol. The molecule has 1 fully saturated rings. The highest BCUT2D eigenvalue weighted by Crippen LogP contribution is 2.27. The number of fused-ring (bicyclic) bond motifs is 1. The molecule has 3 rings (SSSR count). The van der Waals surface area contributed by atoms with Crippen LogP contribution >= 0.6 is 11.6 Å². The lowest BCUT2D eigenvalue weighted by atomic mass is 10.0. The summed E-state index contributed by atoms with van der Waals surface area (Å²) in [7, 11) is 0. The van der Waals surface area contributed by atoms with E-state index in [0.29, 0.717) is 31.2 Å². The number of benzene rings is 1. The maximum Gasteiger partial charge on any atom is 0.305 e. The average Bonchev–Trinajstić information content (AvgIpc) is 3.20. The fourth-order valence-corrected chi connectivity index (χ4v) is 3.11. The number of hydrogen-bond acceptors (Lipinski definition) is 5. The van der Waals surface area contributed by atoms with Gasteiger partial charge in [0.05, 0.1) is 18.7 Å². The van der Waals surface area contributed by atoms with E-state index in [2.05, 4.69) is 23.1 Å². The van der Waals surface area contributed by atoms with Crippen LogP contribution in [-0.2, 0) is 14.3 Å². The van der Waals surface area contributed by atoms with Crippen molar-refractivity contribution in [2.45, 2.75) is 19.3 Å². The molecule has 0 spiro atoms. The number of nitrogens with zero attached hydrogens (tertiary/aromatic N) is 1. The first-order valence-corrected chi connectivity index (χ1v) is 9.82. The van der Waals surface area contributed by atoms with Crippen molar-refractivity contribution >= 4 is 34.2 Å². The molecule has 1 aromatic carbocycles. The normalized spacial score (nSPS) is 14.5. The van der Waals surface area contributed by atoms with Gasteiger partial charge in [0.1, 0.15) is 6.61 Å². The van der Waals surface area contributed by atoms with Crippen molar-refractivity contribution in [1.82, 2.24) is 4.98 Å². The summed E-state index contributed by atoms with van der Waals surface area (Å²) >= 11 is 6.00. The van der Waals surface area contributed by atoms with E-state index in [-0.39, 0.29) is 12.6 Å². The number of pyridine rings is 1. The second kappa shape index (κ2) is 11.2. The largest absolute Gasteiger partial charge is 0.463 e. The van der Waals surface area contributed by atoms with E-state index in [9.17, 15) is 4.79 Å². The lowest BCUT2D eigenvalue weighted by molar-refractivity contribution is -0.145. The molecular weight excluding hydrogens is 376 g/mol. The van der Waals surface area contributed by atoms with E-state index >= 15 is 0 Å². The summed E-state index contributed by atoms with van der Waals surface area (Å²) in [4.78, 5) is 16.0. The number of esters is 1. The molecule has 0 aliphatic heterocycles. The zero-order valence-electron chi connectivity index (χ0n) is 15.7. The molecule has 0 amide bonds. The Kier molecular flexibility index (Phi) is 8.37. The number of anilines is 1. The Morgan fingerprint density at radius 3 is 2.82 bits per heavy atom. The topological polar surface area (TPSA) is 60.5 Å². The second-order valence-electron chi connectivity index (χ2n) is 6.43. The summed E-state index contributed by atoms with van der Waals surface area (Å²) in [6, 6.07) is 7.56. The maximum atomic E-state index is 11.7. The van der Waals surface area contributed by atoms with E-state index in [4.69, 9.17) is 21.1 Å². The van der Waals surface area contributed by atoms with Crippen molar-refractivity contribution in [3.05, 3.63) is 67.1 Å². The zero-order chi connectivity index (χ0) is 19.6. The van der Waals surface area contributed by atoms with Gasteiger partial charge in [0.25, 0.3) is 0 Å². The highest BCUT2D eigenvalue weighted by molar-refractivity contribution is 6.31. The molecule has 0 unspecified atom stereocenters. The van der Waals surface area contributed by atoms with Crippen LogP contribution in [0.4, 0.5) is 5.69 Å². The van der Waals surface area contributed by atoms with Gasteiger partial charge in [0.15, 0.2) is 0 Å². The predicted octanol–water partition coefficient (Wildman–Crippen LogP) is 4.44. The van der Waals surface area contributed by atoms with Gasteiger partial charge in [-0.05, 0) is 68.7 Å². The van der Waals surface area contributed by atoms with Crippen molar-refractivity contribution in [3.63, 3.8) is 0 Å². The third-order valence-electron chi connectivity index (χ3n) is 4.34. The Labute approximate surface area is 171 Å². The van der Waals surface area contributed by atoms with Crippen LogP contribution in [0.25, 0.3) is 10.9 Å². The van der Waals surface area contributed by atoms with Crippen molar-refractivity contribution in [3.8, 4) is 0 Å². The molecule has 0 bridgehead atoms. The van der Waals surface area contributed by atoms with Crippen LogP contribution in [0, 0.1) is 31.6 Å². The minimum atomic E-state index is -0.171. The van der Waals surface area contributed by atoms with E-state index in [0.717, 1.165) is 29.4 Å². The minimum absolute atomic E-state index is 0.171. The van der Waals surface area contributed by atoms with Crippen LogP contribution in [0.15, 0.2) is 30.5 Å². The smallest absolute Gasteiger partial charge is 0.305 e. The summed E-state index contributed by atoms with van der Waals surface area (Å²) in [6.07, 6.45) is 12.0. The van der Waals surface area contributed by atoms with Crippen molar-refractivity contribution in [1.29, 1.82) is 0 Å². The first kappa shape index (κ1) is 20.9. The molecule has 5 radical (unpaired) electrons. The summed E-state index contributed by atoms with van der Waals surface area (Å²) in [5, 5.41) is 5.02. The summed E-state index contributed by atoms with van der Waals surface area (Å²) in [6.45, 7) is 1.84. The Morgan fingerprint density at radius 2 is 1.96 bits per heavy atom. The van der Waals surface area contributed by atoms with Crippen molar-refractivity contribution < 1.29 is 14.3 Å². The number of carbonyl (C=O) groups excluding carboxylic acids is 1. The van der Waals surface area contributed by atoms with Crippen molar-refractivity contribution in [2.75, 3.05) is 31.7 Å². The molecule has 2 aromatic rings. The van der Waals surface area contributed by atoms with Gasteiger partial charge in [-0.25, -0.2) is 0 Å². The molecule has 1 aliphatic rings. The van der Waals surface area contributed by atoms with E-state index in [1.54, 1.807) is 6.20 Å². The minimum Gasteiger partial charge on any atom is -0.463 e. The molecule has 28 heavy (non-hydrogen) atoms. The molecule has 1 saturated carbocycles. The van der Waals surface area contributed by atoms with Gasteiger partial charge < -0.3 is 14.8 Å². The highest BCUT2D eigenvalue weighted by Gasteiger charge is 2.16. The monoisotopic (exact) mass is 399 g/mol. The lowest BCUT2D eigenvalue weighted by Gasteiger charge is -2.10. The second-order valence-corrected chi connectivity index (χ2v) is 6.86. The fraction of sp³-hybridized carbons (Fsp3) is 0.318. The maximum absolute atomic E-state index is 11.7. The number of aromatic nitrogens is 1. The SMILES string of the molecule is O=C(CCC[C]1[CH][CH][CH][CH]1)OCCOCCNc1ccnc2cc(Cl)ccc12. The van der Waals surface area contributed by atoms with Gasteiger partial charge in [0.2, 0.25) is 0 Å². The Bertz CT molecular complexity index is 763.